The normalized spacial score (nSPS) is 13.4. The van der Waals surface area contributed by atoms with Crippen LogP contribution in [0.1, 0.15) is 12.5 Å². The van der Waals surface area contributed by atoms with Gasteiger partial charge in [0.15, 0.2) is 0 Å². The highest BCUT2D eigenvalue weighted by molar-refractivity contribution is 5.86. The zero-order valence-electron chi connectivity index (χ0n) is 20.8. The lowest BCUT2D eigenvalue weighted by Crippen LogP contribution is -2.37. The van der Waals surface area contributed by atoms with Crippen LogP contribution in [0.5, 0.6) is 5.75 Å². The van der Waals surface area contributed by atoms with E-state index >= 15 is 0 Å². The molecule has 1 saturated heterocycles. The monoisotopic (exact) mass is 502 g/mol. The number of nitrogens with one attached hydrogen (secondary N) is 1. The topological polar surface area (TPSA) is 126 Å². The zero-order valence-corrected chi connectivity index (χ0v) is 20.8. The Bertz CT molecular complexity index is 1320. The van der Waals surface area contributed by atoms with E-state index in [0.717, 1.165) is 28.6 Å². The maximum Gasteiger partial charge on any atom is 0.328 e. The van der Waals surface area contributed by atoms with Gasteiger partial charge in [-0.2, -0.15) is 4.98 Å². The van der Waals surface area contributed by atoms with E-state index in [4.69, 9.17) is 25.4 Å². The van der Waals surface area contributed by atoms with Crippen LogP contribution < -0.4 is 25.8 Å². The molecular weight excluding hydrogens is 472 g/mol. The molecule has 2 heterocycles. The van der Waals surface area contributed by atoms with Gasteiger partial charge in [-0.15, -0.1) is 0 Å². The molecule has 0 spiro atoms. The molecule has 0 bridgehead atoms. The van der Waals surface area contributed by atoms with Crippen LogP contribution in [0, 0.1) is 0 Å². The predicted octanol–water partition coefficient (Wildman–Crippen LogP) is 4.04. The van der Waals surface area contributed by atoms with Gasteiger partial charge in [0.1, 0.15) is 11.6 Å². The van der Waals surface area contributed by atoms with Crippen molar-refractivity contribution < 1.29 is 19.4 Å². The summed E-state index contributed by atoms with van der Waals surface area (Å²) in [5.41, 5.74) is 4.56. The van der Waals surface area contributed by atoms with Crippen molar-refractivity contribution in [1.29, 1.82) is 0 Å². The largest absolute Gasteiger partial charge is 0.497 e. The highest BCUT2D eigenvalue weighted by atomic mass is 16.5. The second-order valence-electron chi connectivity index (χ2n) is 8.48. The van der Waals surface area contributed by atoms with Crippen LogP contribution >= 0.6 is 0 Å². The first-order valence-corrected chi connectivity index (χ1v) is 11.7. The number of aliphatic carboxylic acids is 1. The molecule has 37 heavy (non-hydrogen) atoms. The minimum atomic E-state index is -1.00. The summed E-state index contributed by atoms with van der Waals surface area (Å²) in [6.07, 6.45) is 4.44. The highest BCUT2D eigenvalue weighted by Gasteiger charge is 2.19. The molecule has 1 aromatic heterocycles. The van der Waals surface area contributed by atoms with E-state index in [1.165, 1.54) is 5.01 Å². The average molecular weight is 503 g/mol. The molecule has 192 valence electrons. The molecule has 0 radical (unpaired) electrons. The summed E-state index contributed by atoms with van der Waals surface area (Å²) in [7, 11) is 1.59. The SMILES string of the molecule is C=C(C)N(N)c1cc(Nc2ncc(-c3cccc(/C=C/C(=O)O)c3)c(N3CCOCC3)n2)cc(OC)c1. The molecule has 10 heteroatoms. The molecule has 1 fully saturated rings. The number of nitrogens with two attached hydrogens (primary N) is 1. The van der Waals surface area contributed by atoms with Crippen molar-refractivity contribution >= 4 is 35.2 Å². The van der Waals surface area contributed by atoms with Crippen LogP contribution in [0.25, 0.3) is 17.2 Å². The number of anilines is 4. The van der Waals surface area contributed by atoms with Crippen molar-refractivity contribution in [3.63, 3.8) is 0 Å². The van der Waals surface area contributed by atoms with Crippen LogP contribution in [0.2, 0.25) is 0 Å². The Morgan fingerprint density at radius 3 is 2.76 bits per heavy atom. The van der Waals surface area contributed by atoms with Gasteiger partial charge in [0.2, 0.25) is 5.95 Å². The zero-order chi connectivity index (χ0) is 26.4. The molecule has 10 nitrogen and oxygen atoms in total. The minimum absolute atomic E-state index is 0.408. The Kier molecular flexibility index (Phi) is 8.02. The van der Waals surface area contributed by atoms with Crippen LogP contribution in [0.4, 0.5) is 23.1 Å². The third kappa shape index (κ3) is 6.43. The molecule has 4 rings (SSSR count). The molecule has 0 saturated carbocycles. The van der Waals surface area contributed by atoms with Crippen molar-refractivity contribution in [1.82, 2.24) is 9.97 Å². The number of carboxylic acids is 1. The van der Waals surface area contributed by atoms with E-state index in [2.05, 4.69) is 21.8 Å². The van der Waals surface area contributed by atoms with Crippen LogP contribution in [-0.4, -0.2) is 54.5 Å². The predicted molar refractivity (Wildman–Crippen MR) is 145 cm³/mol. The van der Waals surface area contributed by atoms with Crippen molar-refractivity contribution in [2.75, 3.05) is 48.6 Å². The maximum absolute atomic E-state index is 11.0. The minimum Gasteiger partial charge on any atom is -0.497 e. The maximum atomic E-state index is 11.0. The summed E-state index contributed by atoms with van der Waals surface area (Å²) in [6.45, 7) is 8.28. The number of hydrogen-bond donors (Lipinski definition) is 3. The summed E-state index contributed by atoms with van der Waals surface area (Å²) in [5.74, 6) is 6.92. The van der Waals surface area contributed by atoms with E-state index in [0.29, 0.717) is 55.1 Å². The number of morpholine rings is 1. The molecular formula is C27H30N6O4. The number of methoxy groups -OCH3 is 1. The van der Waals surface area contributed by atoms with Crippen molar-refractivity contribution in [2.24, 2.45) is 5.84 Å². The van der Waals surface area contributed by atoms with E-state index < -0.39 is 5.97 Å². The summed E-state index contributed by atoms with van der Waals surface area (Å²) >= 11 is 0. The van der Waals surface area contributed by atoms with Crippen molar-refractivity contribution in [3.8, 4) is 16.9 Å². The Balaban J connectivity index is 1.72. The van der Waals surface area contributed by atoms with Gasteiger partial charge in [0, 0.05) is 54.4 Å². The van der Waals surface area contributed by atoms with Gasteiger partial charge in [-0.1, -0.05) is 24.8 Å². The summed E-state index contributed by atoms with van der Waals surface area (Å²) in [4.78, 5) is 22.6. The van der Waals surface area contributed by atoms with Crippen LogP contribution in [-0.2, 0) is 9.53 Å². The standard InChI is InChI=1S/C27H30N6O4/c1-18(2)33(28)22-14-21(15-23(16-22)36-3)30-27-29-17-24(26(31-27)32-9-11-37-12-10-32)20-6-4-5-19(13-20)7-8-25(34)35/h4-8,13-17H,1,9-12,28H2,2-3H3,(H,34,35)(H,29,30,31)/b8-7+. The molecule has 4 N–H and O–H groups in total. The van der Waals surface area contributed by atoms with Gasteiger partial charge in [-0.3, -0.25) is 5.01 Å². The first kappa shape index (κ1) is 25.7. The quantitative estimate of drug-likeness (QED) is 0.224. The van der Waals surface area contributed by atoms with E-state index in [9.17, 15) is 4.79 Å². The molecule has 0 atom stereocenters. The molecule has 0 aliphatic carbocycles. The molecule has 0 unspecified atom stereocenters. The van der Waals surface area contributed by atoms with Gasteiger partial charge in [-0.05, 0) is 36.3 Å². The fraction of sp³-hybridized carbons (Fsp3) is 0.222. The summed E-state index contributed by atoms with van der Waals surface area (Å²) in [5, 5.41) is 13.7. The van der Waals surface area contributed by atoms with Gasteiger partial charge in [-0.25, -0.2) is 15.6 Å². The summed E-state index contributed by atoms with van der Waals surface area (Å²) in [6, 6.07) is 13.1. The Morgan fingerprint density at radius 2 is 2.05 bits per heavy atom. The number of nitrogens with zero attached hydrogens (tertiary/aromatic N) is 4. The Hall–Kier alpha value is -4.41. The number of hydrazine groups is 1. The number of aromatic nitrogens is 2. The smallest absolute Gasteiger partial charge is 0.328 e. The first-order valence-electron chi connectivity index (χ1n) is 11.7. The number of allylic oxidation sites excluding steroid dienone is 1. The fourth-order valence-corrected chi connectivity index (χ4v) is 3.89. The number of carbonyl (C=O) groups is 1. The number of ether oxygens (including phenoxy) is 2. The lowest BCUT2D eigenvalue weighted by atomic mass is 10.0. The number of benzene rings is 2. The second-order valence-corrected chi connectivity index (χ2v) is 8.48. The third-order valence-corrected chi connectivity index (χ3v) is 5.77. The van der Waals surface area contributed by atoms with E-state index in [-0.39, 0.29) is 0 Å². The third-order valence-electron chi connectivity index (χ3n) is 5.77. The van der Waals surface area contributed by atoms with Crippen LogP contribution in [0.15, 0.2) is 67.0 Å². The molecule has 0 amide bonds. The number of carboxylic acid groups (broad SMARTS) is 1. The number of rotatable bonds is 9. The lowest BCUT2D eigenvalue weighted by Gasteiger charge is -2.29. The van der Waals surface area contributed by atoms with E-state index in [1.807, 2.05) is 49.4 Å². The molecule has 2 aromatic carbocycles. The van der Waals surface area contributed by atoms with E-state index in [1.54, 1.807) is 19.4 Å². The molecule has 1 aliphatic rings. The lowest BCUT2D eigenvalue weighted by molar-refractivity contribution is -0.131. The van der Waals surface area contributed by atoms with Gasteiger partial charge in [0.05, 0.1) is 26.0 Å². The molecule has 3 aromatic rings. The number of hydrogen-bond acceptors (Lipinski definition) is 9. The first-order chi connectivity index (χ1) is 17.8. The van der Waals surface area contributed by atoms with Crippen molar-refractivity contribution in [2.45, 2.75) is 6.92 Å². The Labute approximate surface area is 215 Å². The molecule has 1 aliphatic heterocycles. The average Bonchev–Trinajstić information content (AvgIpc) is 2.91. The fourth-order valence-electron chi connectivity index (χ4n) is 3.89. The van der Waals surface area contributed by atoms with Crippen LogP contribution in [0.3, 0.4) is 0 Å². The second kappa shape index (κ2) is 11.5. The Morgan fingerprint density at radius 1 is 1.27 bits per heavy atom. The highest BCUT2D eigenvalue weighted by Crippen LogP contribution is 2.33. The van der Waals surface area contributed by atoms with Crippen molar-refractivity contribution in [3.05, 3.63) is 72.6 Å². The van der Waals surface area contributed by atoms with Gasteiger partial charge in [0.25, 0.3) is 0 Å². The van der Waals surface area contributed by atoms with Gasteiger partial charge >= 0.3 is 5.97 Å². The van der Waals surface area contributed by atoms with Gasteiger partial charge < -0.3 is 24.8 Å². The summed E-state index contributed by atoms with van der Waals surface area (Å²) < 4.78 is 11.0.